The zero-order valence-corrected chi connectivity index (χ0v) is 33.9. The maximum atomic E-state index is 6.35. The second kappa shape index (κ2) is 21.5. The van der Waals surface area contributed by atoms with Crippen LogP contribution in [0.4, 0.5) is 0 Å². The summed E-state index contributed by atoms with van der Waals surface area (Å²) in [6, 6.07) is 19.7. The zero-order valence-electron chi connectivity index (χ0n) is 30.7. The van der Waals surface area contributed by atoms with Crippen molar-refractivity contribution in [3.63, 3.8) is 0 Å². The van der Waals surface area contributed by atoms with Crippen LogP contribution in [0.1, 0.15) is 110 Å². The molecule has 3 aromatic carbocycles. The first-order chi connectivity index (χ1) is 24.2. The van der Waals surface area contributed by atoms with Crippen molar-refractivity contribution in [2.75, 3.05) is 13.2 Å². The lowest BCUT2D eigenvalue weighted by Gasteiger charge is -2.16. The predicted octanol–water partition coefficient (Wildman–Crippen LogP) is 13.6. The molecule has 0 saturated carbocycles. The van der Waals surface area contributed by atoms with E-state index in [0.29, 0.717) is 28.4 Å². The van der Waals surface area contributed by atoms with E-state index in [1.807, 2.05) is 48.5 Å². The lowest BCUT2D eigenvalue weighted by atomic mass is 9.98. The number of hydrogen-bond acceptors (Lipinski definition) is 6. The van der Waals surface area contributed by atoms with Gasteiger partial charge in [0, 0.05) is 32.9 Å². The summed E-state index contributed by atoms with van der Waals surface area (Å²) in [4.78, 5) is 0. The van der Waals surface area contributed by atoms with Crippen LogP contribution in [0.3, 0.4) is 0 Å². The van der Waals surface area contributed by atoms with Gasteiger partial charge in [-0.2, -0.15) is 0 Å². The molecule has 1 heterocycles. The quantitative estimate of drug-likeness (QED) is 0.0549. The molecule has 6 nitrogen and oxygen atoms in total. The summed E-state index contributed by atoms with van der Waals surface area (Å²) in [6.07, 6.45) is 12.4. The van der Waals surface area contributed by atoms with E-state index in [1.54, 1.807) is 0 Å². The fourth-order valence-electron chi connectivity index (χ4n) is 5.79. The molecule has 4 rings (SSSR count). The largest absolute Gasteiger partial charge is 0.494 e. The van der Waals surface area contributed by atoms with Crippen LogP contribution in [-0.2, 0) is 10.7 Å². The van der Waals surface area contributed by atoms with E-state index in [0.717, 1.165) is 83.1 Å². The molecule has 0 amide bonds. The Bertz CT molecular complexity index is 1540. The number of aromatic nitrogens is 2. The van der Waals surface area contributed by atoms with Gasteiger partial charge < -0.3 is 18.6 Å². The van der Waals surface area contributed by atoms with Gasteiger partial charge in [0.2, 0.25) is 11.8 Å². The Morgan fingerprint density at radius 3 is 1.72 bits per heavy atom. The predicted molar refractivity (Wildman–Crippen MR) is 213 cm³/mol. The number of halogens is 2. The zero-order chi connectivity index (χ0) is 35.7. The Hall–Kier alpha value is -2.84. The van der Waals surface area contributed by atoms with Crippen LogP contribution < -0.4 is 14.2 Å². The average molecular weight is 813 g/mol. The van der Waals surface area contributed by atoms with E-state index in [2.05, 4.69) is 88.8 Å². The molecule has 4 aromatic rings. The maximum absolute atomic E-state index is 6.35. The third-order valence-corrected chi connectivity index (χ3v) is 10.1. The van der Waals surface area contributed by atoms with Gasteiger partial charge in [0.25, 0.3) is 0 Å². The minimum atomic E-state index is 0.457. The van der Waals surface area contributed by atoms with Crippen molar-refractivity contribution >= 4 is 31.9 Å². The Balaban J connectivity index is 1.28. The van der Waals surface area contributed by atoms with Crippen molar-refractivity contribution in [2.24, 2.45) is 17.8 Å². The minimum absolute atomic E-state index is 0.457. The van der Waals surface area contributed by atoms with Gasteiger partial charge in [-0.15, -0.1) is 10.2 Å². The third kappa shape index (κ3) is 13.4. The molecule has 50 heavy (non-hydrogen) atoms. The lowest BCUT2D eigenvalue weighted by Crippen LogP contribution is -2.04. The number of ether oxygens (including phenoxy) is 3. The van der Waals surface area contributed by atoms with Crippen LogP contribution in [-0.4, -0.2) is 23.4 Å². The summed E-state index contributed by atoms with van der Waals surface area (Å²) in [5.74, 6) is 6.45. The highest BCUT2D eigenvalue weighted by molar-refractivity contribution is 9.08. The number of alkyl halides is 2. The van der Waals surface area contributed by atoms with E-state index in [1.165, 1.54) is 51.4 Å². The molecule has 1 unspecified atom stereocenters. The monoisotopic (exact) mass is 810 g/mol. The molecule has 1 aromatic heterocycles. The number of nitrogens with zero attached hydrogens (tertiary/aromatic N) is 2. The highest BCUT2D eigenvalue weighted by Gasteiger charge is 2.15. The molecule has 0 aliphatic rings. The summed E-state index contributed by atoms with van der Waals surface area (Å²) >= 11 is 7.28. The van der Waals surface area contributed by atoms with Gasteiger partial charge in [-0.1, -0.05) is 118 Å². The molecule has 0 radical (unpaired) electrons. The van der Waals surface area contributed by atoms with Crippen molar-refractivity contribution in [1.82, 2.24) is 10.2 Å². The molecule has 272 valence electrons. The topological polar surface area (TPSA) is 66.6 Å². The van der Waals surface area contributed by atoms with Crippen molar-refractivity contribution in [1.29, 1.82) is 0 Å². The highest BCUT2D eigenvalue weighted by Crippen LogP contribution is 2.36. The van der Waals surface area contributed by atoms with E-state index < -0.39 is 0 Å². The standard InChI is InChI=1S/C42H56Br2N2O4/c1-30(2)12-9-7-6-8-10-24-48-39-26-36(29-44)40(27-35(39)28-43)49-38-21-17-34(18-22-38)42-46-45-41(50-42)33-15-19-37(20-16-33)47-25-23-32(5)14-11-13-31(3)4/h15-22,26-27,30-32H,6-14,23-25,28-29H2,1-5H3. The number of benzene rings is 3. The molecule has 0 saturated heterocycles. The normalized spacial score (nSPS) is 12.1. The smallest absolute Gasteiger partial charge is 0.248 e. The van der Waals surface area contributed by atoms with Crippen molar-refractivity contribution in [3.8, 4) is 45.9 Å². The number of hydrogen-bond donors (Lipinski definition) is 0. The lowest BCUT2D eigenvalue weighted by molar-refractivity contribution is 0.276. The number of unbranched alkanes of at least 4 members (excludes halogenated alkanes) is 4. The van der Waals surface area contributed by atoms with Gasteiger partial charge in [0.05, 0.1) is 13.2 Å². The summed E-state index contributed by atoms with van der Waals surface area (Å²) in [5, 5.41) is 9.94. The number of rotatable bonds is 23. The first-order valence-electron chi connectivity index (χ1n) is 18.5. The molecular weight excluding hydrogens is 756 g/mol. The fraction of sp³-hybridized carbons (Fsp3) is 0.524. The molecule has 0 spiro atoms. The second-order valence-electron chi connectivity index (χ2n) is 14.3. The Kier molecular flexibility index (Phi) is 17.2. The molecule has 0 aliphatic heterocycles. The van der Waals surface area contributed by atoms with E-state index in [4.69, 9.17) is 18.6 Å². The Morgan fingerprint density at radius 2 is 1.10 bits per heavy atom. The highest BCUT2D eigenvalue weighted by atomic mass is 79.9. The first kappa shape index (κ1) is 39.9. The average Bonchev–Trinajstić information content (AvgIpc) is 3.60. The van der Waals surface area contributed by atoms with Crippen LogP contribution in [0.15, 0.2) is 65.1 Å². The molecular formula is C42H56Br2N2O4. The fourth-order valence-corrected chi connectivity index (χ4v) is 6.67. The second-order valence-corrected chi connectivity index (χ2v) is 15.4. The van der Waals surface area contributed by atoms with Crippen LogP contribution in [0.2, 0.25) is 0 Å². The van der Waals surface area contributed by atoms with Gasteiger partial charge >= 0.3 is 0 Å². The van der Waals surface area contributed by atoms with Gasteiger partial charge in [-0.05, 0) is 91.3 Å². The van der Waals surface area contributed by atoms with Gasteiger partial charge in [0.1, 0.15) is 23.0 Å². The third-order valence-electron chi connectivity index (χ3n) is 8.93. The molecule has 0 aliphatic carbocycles. The summed E-state index contributed by atoms with van der Waals surface area (Å²) in [7, 11) is 0. The van der Waals surface area contributed by atoms with Crippen LogP contribution in [0.5, 0.6) is 23.0 Å². The molecule has 0 fully saturated rings. The van der Waals surface area contributed by atoms with Crippen molar-refractivity contribution < 1.29 is 18.6 Å². The summed E-state index contributed by atoms with van der Waals surface area (Å²) in [5.41, 5.74) is 3.78. The van der Waals surface area contributed by atoms with E-state index >= 15 is 0 Å². The Labute approximate surface area is 317 Å². The van der Waals surface area contributed by atoms with Crippen LogP contribution >= 0.6 is 31.9 Å². The maximum Gasteiger partial charge on any atom is 0.248 e. The first-order valence-corrected chi connectivity index (χ1v) is 20.8. The SMILES string of the molecule is CC(C)CCCCCCCOc1cc(CBr)c(Oc2ccc(-c3nnc(-c4ccc(OCCC(C)CCCC(C)C)cc4)o3)cc2)cc1CBr. The minimum Gasteiger partial charge on any atom is -0.494 e. The van der Waals surface area contributed by atoms with E-state index in [-0.39, 0.29) is 0 Å². The van der Waals surface area contributed by atoms with Gasteiger partial charge in [0.15, 0.2) is 0 Å². The molecule has 1 atom stereocenters. The summed E-state index contributed by atoms with van der Waals surface area (Å²) in [6.45, 7) is 12.9. The molecule has 0 bridgehead atoms. The van der Waals surface area contributed by atoms with Gasteiger partial charge in [-0.25, -0.2) is 0 Å². The van der Waals surface area contributed by atoms with Crippen molar-refractivity contribution in [3.05, 3.63) is 71.8 Å². The van der Waals surface area contributed by atoms with E-state index in [9.17, 15) is 0 Å². The molecule has 0 N–H and O–H groups in total. The van der Waals surface area contributed by atoms with Gasteiger partial charge in [-0.3, -0.25) is 0 Å². The molecule has 8 heteroatoms. The Morgan fingerprint density at radius 1 is 0.560 bits per heavy atom. The van der Waals surface area contributed by atoms with Crippen LogP contribution in [0.25, 0.3) is 22.9 Å². The van der Waals surface area contributed by atoms with Crippen molar-refractivity contribution in [2.45, 2.75) is 109 Å². The van der Waals surface area contributed by atoms with Crippen LogP contribution in [0, 0.1) is 17.8 Å². The summed E-state index contributed by atoms with van der Waals surface area (Å²) < 4.78 is 24.6.